The van der Waals surface area contributed by atoms with Crippen LogP contribution >= 0.6 is 11.3 Å². The number of benzene rings is 2. The van der Waals surface area contributed by atoms with Gasteiger partial charge in [-0.1, -0.05) is 44.6 Å². The highest BCUT2D eigenvalue weighted by Gasteiger charge is 2.28. The van der Waals surface area contributed by atoms with E-state index in [-0.39, 0.29) is 29.2 Å². The first-order valence-electron chi connectivity index (χ1n) is 14.1. The maximum Gasteiger partial charge on any atom is 0.334 e. The number of thiazole rings is 1. The number of fused-ring (bicyclic) bond motifs is 1. The van der Waals surface area contributed by atoms with Gasteiger partial charge >= 0.3 is 5.69 Å². The number of nitrogens with zero attached hydrogens (tertiary/aromatic N) is 4. The molecule has 2 fully saturated rings. The average Bonchev–Trinajstić information content (AvgIpc) is 3.38. The van der Waals surface area contributed by atoms with Gasteiger partial charge in [-0.25, -0.2) is 9.78 Å². The molecule has 2 aromatic heterocycles. The summed E-state index contributed by atoms with van der Waals surface area (Å²) in [4.78, 5) is 36.5. The van der Waals surface area contributed by atoms with Gasteiger partial charge in [0.05, 0.1) is 15.9 Å². The van der Waals surface area contributed by atoms with E-state index < -0.39 is 5.56 Å². The summed E-state index contributed by atoms with van der Waals surface area (Å²) >= 11 is 1.66. The van der Waals surface area contributed by atoms with E-state index in [0.717, 1.165) is 85.0 Å². The molecule has 8 heteroatoms. The van der Waals surface area contributed by atoms with Gasteiger partial charge in [-0.2, -0.15) is 0 Å². The zero-order valence-electron chi connectivity index (χ0n) is 22.3. The van der Waals surface area contributed by atoms with Crippen LogP contribution in [0.15, 0.2) is 57.0 Å². The Kier molecular flexibility index (Phi) is 7.21. The number of rotatable bonds is 5. The third kappa shape index (κ3) is 5.10. The van der Waals surface area contributed by atoms with E-state index in [0.29, 0.717) is 5.69 Å². The van der Waals surface area contributed by atoms with Gasteiger partial charge in [-0.3, -0.25) is 18.9 Å². The first-order chi connectivity index (χ1) is 19.0. The van der Waals surface area contributed by atoms with Gasteiger partial charge in [0, 0.05) is 23.9 Å². The van der Waals surface area contributed by atoms with Crippen LogP contribution in [0, 0.1) is 6.92 Å². The van der Waals surface area contributed by atoms with Crippen LogP contribution in [-0.2, 0) is 0 Å². The molecule has 0 saturated heterocycles. The predicted molar refractivity (Wildman–Crippen MR) is 158 cm³/mol. The molecule has 0 amide bonds. The zero-order chi connectivity index (χ0) is 26.9. The van der Waals surface area contributed by atoms with Gasteiger partial charge < -0.3 is 5.11 Å². The van der Waals surface area contributed by atoms with Crippen LogP contribution in [0.4, 0.5) is 5.69 Å². The normalized spacial score (nSPS) is 17.4. The standard InChI is InChI=1S/C31H34N4O3S/c1-20-12-17-26-27(18-20)39-28(33-26)21-13-15-22(16-14-21)32-19-25-29(36)34(23-8-4-2-5-9-23)31(38)35(30(25)37)24-10-6-3-7-11-24/h12-19,23-24,36H,2-11H2,1H3. The molecule has 0 bridgehead atoms. The van der Waals surface area contributed by atoms with Crippen LogP contribution in [0.5, 0.6) is 5.88 Å². The number of aromatic hydroxyl groups is 1. The minimum Gasteiger partial charge on any atom is -0.494 e. The SMILES string of the molecule is Cc1ccc2nc(-c3ccc(N=Cc4c(O)n(C5CCCCC5)c(=O)n(C5CCCCC5)c4=O)cc3)sc2c1. The zero-order valence-corrected chi connectivity index (χ0v) is 23.1. The van der Waals surface area contributed by atoms with E-state index in [1.807, 2.05) is 30.3 Å². The highest BCUT2D eigenvalue weighted by atomic mass is 32.1. The minimum absolute atomic E-state index is 0.0919. The number of aryl methyl sites for hydroxylation is 1. The van der Waals surface area contributed by atoms with Crippen molar-refractivity contribution in [2.24, 2.45) is 4.99 Å². The average molecular weight is 543 g/mol. The summed E-state index contributed by atoms with van der Waals surface area (Å²) in [6.07, 6.45) is 11.0. The molecule has 7 nitrogen and oxygen atoms in total. The molecule has 1 N–H and O–H groups in total. The molecular weight excluding hydrogens is 508 g/mol. The van der Waals surface area contributed by atoms with E-state index in [4.69, 9.17) is 4.98 Å². The lowest BCUT2D eigenvalue weighted by atomic mass is 9.94. The molecule has 2 aliphatic rings. The molecule has 2 aromatic carbocycles. The van der Waals surface area contributed by atoms with Crippen LogP contribution in [0.3, 0.4) is 0 Å². The Labute approximate surface area is 231 Å². The number of aromatic nitrogens is 3. The summed E-state index contributed by atoms with van der Waals surface area (Å²) in [5.41, 5.74) is 3.14. The lowest BCUT2D eigenvalue weighted by molar-refractivity contribution is 0.271. The molecule has 6 rings (SSSR count). The first kappa shape index (κ1) is 25.7. The molecule has 2 saturated carbocycles. The Morgan fingerprint density at radius 2 is 1.54 bits per heavy atom. The summed E-state index contributed by atoms with van der Waals surface area (Å²) in [6, 6.07) is 13.8. The molecule has 0 spiro atoms. The van der Waals surface area contributed by atoms with Gasteiger partial charge in [0.15, 0.2) is 0 Å². The lowest BCUT2D eigenvalue weighted by Crippen LogP contribution is -2.45. The van der Waals surface area contributed by atoms with Crippen LogP contribution in [0.2, 0.25) is 0 Å². The summed E-state index contributed by atoms with van der Waals surface area (Å²) in [7, 11) is 0. The largest absolute Gasteiger partial charge is 0.494 e. The second-order valence-electron chi connectivity index (χ2n) is 10.9. The van der Waals surface area contributed by atoms with Crippen molar-refractivity contribution < 1.29 is 5.11 Å². The highest BCUT2D eigenvalue weighted by Crippen LogP contribution is 2.33. The van der Waals surface area contributed by atoms with E-state index >= 15 is 0 Å². The summed E-state index contributed by atoms with van der Waals surface area (Å²) in [5, 5.41) is 12.2. The third-order valence-electron chi connectivity index (χ3n) is 8.21. The number of hydrogen-bond acceptors (Lipinski definition) is 6. The maximum absolute atomic E-state index is 13.6. The second kappa shape index (κ2) is 10.9. The Morgan fingerprint density at radius 3 is 2.21 bits per heavy atom. The molecule has 0 aliphatic heterocycles. The highest BCUT2D eigenvalue weighted by molar-refractivity contribution is 7.21. The minimum atomic E-state index is -0.443. The van der Waals surface area contributed by atoms with E-state index in [9.17, 15) is 14.7 Å². The molecule has 2 aliphatic carbocycles. The third-order valence-corrected chi connectivity index (χ3v) is 9.28. The van der Waals surface area contributed by atoms with Gasteiger partial charge in [0.2, 0.25) is 5.88 Å². The van der Waals surface area contributed by atoms with Crippen molar-refractivity contribution in [1.29, 1.82) is 0 Å². The van der Waals surface area contributed by atoms with Gasteiger partial charge in [0.1, 0.15) is 10.6 Å². The first-order valence-corrected chi connectivity index (χ1v) is 14.9. The smallest absolute Gasteiger partial charge is 0.334 e. The van der Waals surface area contributed by atoms with Gasteiger partial charge in [-0.05, 0) is 74.6 Å². The Bertz CT molecular complexity index is 1640. The summed E-state index contributed by atoms with van der Waals surface area (Å²) < 4.78 is 4.05. The van der Waals surface area contributed by atoms with E-state index in [1.165, 1.54) is 20.9 Å². The topological polar surface area (TPSA) is 89.5 Å². The molecule has 0 unspecified atom stereocenters. The Balaban J connectivity index is 1.35. The van der Waals surface area contributed by atoms with Crippen LogP contribution in [0.1, 0.15) is 87.4 Å². The summed E-state index contributed by atoms with van der Waals surface area (Å²) in [5.74, 6) is -0.255. The molecule has 202 valence electrons. The van der Waals surface area contributed by atoms with Gasteiger partial charge in [-0.15, -0.1) is 11.3 Å². The summed E-state index contributed by atoms with van der Waals surface area (Å²) in [6.45, 7) is 2.08. The quantitative estimate of drug-likeness (QED) is 0.273. The fourth-order valence-electron chi connectivity index (χ4n) is 6.08. The van der Waals surface area contributed by atoms with Gasteiger partial charge in [0.25, 0.3) is 5.56 Å². The van der Waals surface area contributed by atoms with Crippen molar-refractivity contribution in [2.45, 2.75) is 83.2 Å². The fourth-order valence-corrected chi connectivity index (χ4v) is 7.15. The fraction of sp³-hybridized carbons (Fsp3) is 0.419. The van der Waals surface area contributed by atoms with E-state index in [2.05, 4.69) is 24.0 Å². The van der Waals surface area contributed by atoms with Crippen molar-refractivity contribution in [2.75, 3.05) is 0 Å². The molecule has 39 heavy (non-hydrogen) atoms. The van der Waals surface area contributed by atoms with Crippen molar-refractivity contribution in [3.63, 3.8) is 0 Å². The lowest BCUT2D eigenvalue weighted by Gasteiger charge is -2.29. The Hall–Kier alpha value is -3.52. The van der Waals surface area contributed by atoms with Crippen molar-refractivity contribution in [1.82, 2.24) is 14.1 Å². The molecular formula is C31H34N4O3S. The molecule has 0 atom stereocenters. The van der Waals surface area contributed by atoms with Crippen LogP contribution in [0.25, 0.3) is 20.8 Å². The second-order valence-corrected chi connectivity index (χ2v) is 12.0. The number of aliphatic imine (C=N–C) groups is 1. The van der Waals surface area contributed by atoms with Crippen molar-refractivity contribution >= 4 is 33.5 Å². The van der Waals surface area contributed by atoms with Crippen molar-refractivity contribution in [3.8, 4) is 16.5 Å². The molecule has 4 aromatic rings. The van der Waals surface area contributed by atoms with Crippen molar-refractivity contribution in [3.05, 3.63) is 74.4 Å². The van der Waals surface area contributed by atoms with Crippen LogP contribution < -0.4 is 11.2 Å². The maximum atomic E-state index is 13.6. The monoisotopic (exact) mass is 542 g/mol. The van der Waals surface area contributed by atoms with Crippen LogP contribution in [-0.4, -0.2) is 25.4 Å². The molecule has 0 radical (unpaired) electrons. The van der Waals surface area contributed by atoms with E-state index in [1.54, 1.807) is 11.3 Å². The predicted octanol–water partition coefficient (Wildman–Crippen LogP) is 7.06. The molecule has 2 heterocycles. The number of hydrogen-bond donors (Lipinski definition) is 1. The Morgan fingerprint density at radius 1 is 0.897 bits per heavy atom.